The van der Waals surface area contributed by atoms with E-state index in [1.165, 1.54) is 0 Å². The third-order valence-corrected chi connectivity index (χ3v) is 8.62. The quantitative estimate of drug-likeness (QED) is 0.401. The van der Waals surface area contributed by atoms with E-state index in [-0.39, 0.29) is 37.4 Å². The number of hydrogen-bond donors (Lipinski definition) is 2. The first-order valence-electron chi connectivity index (χ1n) is 14.0. The average molecular weight is 556 g/mol. The minimum absolute atomic E-state index is 0.0909. The van der Waals surface area contributed by atoms with Gasteiger partial charge in [-0.25, -0.2) is 4.79 Å². The number of nitrogens with one attached hydrogen (secondary N) is 1. The molecule has 1 saturated heterocycles. The summed E-state index contributed by atoms with van der Waals surface area (Å²) in [4.78, 5) is 42.4. The number of carboxylic acids is 1. The first kappa shape index (κ1) is 28.4. The lowest BCUT2D eigenvalue weighted by Crippen LogP contribution is -2.53. The van der Waals surface area contributed by atoms with Gasteiger partial charge in [0.1, 0.15) is 12.6 Å². The molecule has 1 aliphatic heterocycles. The monoisotopic (exact) mass is 555 g/mol. The van der Waals surface area contributed by atoms with Crippen molar-refractivity contribution in [3.05, 3.63) is 95.6 Å². The van der Waals surface area contributed by atoms with Gasteiger partial charge in [0.25, 0.3) is 0 Å². The molecule has 2 aliphatic rings. The minimum Gasteiger partial charge on any atom is -0.481 e. The number of aliphatic carboxylic acids is 1. The second kappa shape index (κ2) is 11.7. The normalized spacial score (nSPS) is 20.4. The Balaban J connectivity index is 1.29. The Labute approximate surface area is 240 Å². The second-order valence-corrected chi connectivity index (χ2v) is 11.5. The number of carboxylic acid groups (broad SMARTS) is 1. The van der Waals surface area contributed by atoms with Gasteiger partial charge in [-0.3, -0.25) is 14.5 Å². The molecule has 1 unspecified atom stereocenters. The molecule has 5 rings (SSSR count). The fourth-order valence-corrected chi connectivity index (χ4v) is 6.05. The van der Waals surface area contributed by atoms with Crippen LogP contribution in [0, 0.1) is 11.3 Å². The van der Waals surface area contributed by atoms with Gasteiger partial charge in [0.2, 0.25) is 5.91 Å². The highest BCUT2D eigenvalue weighted by Gasteiger charge is 2.49. The maximum atomic E-state index is 13.7. The molecule has 214 valence electrons. The Morgan fingerprint density at radius 1 is 1.00 bits per heavy atom. The van der Waals surface area contributed by atoms with E-state index in [0.29, 0.717) is 13.1 Å². The van der Waals surface area contributed by atoms with Crippen molar-refractivity contribution in [2.24, 2.45) is 11.3 Å². The Morgan fingerprint density at radius 3 is 2.17 bits per heavy atom. The van der Waals surface area contributed by atoms with Gasteiger partial charge in [-0.2, -0.15) is 0 Å². The van der Waals surface area contributed by atoms with Gasteiger partial charge in [0.05, 0.1) is 5.41 Å². The van der Waals surface area contributed by atoms with Crippen molar-refractivity contribution in [1.29, 1.82) is 0 Å². The molecule has 1 heterocycles. The summed E-state index contributed by atoms with van der Waals surface area (Å²) in [6.45, 7) is 4.88. The van der Waals surface area contributed by atoms with Crippen molar-refractivity contribution in [2.45, 2.75) is 32.4 Å². The molecule has 3 aromatic rings. The van der Waals surface area contributed by atoms with Crippen LogP contribution in [0.15, 0.2) is 78.9 Å². The van der Waals surface area contributed by atoms with E-state index in [1.54, 1.807) is 11.8 Å². The zero-order valence-corrected chi connectivity index (χ0v) is 23.7. The Morgan fingerprint density at radius 2 is 1.59 bits per heavy atom. The van der Waals surface area contributed by atoms with Gasteiger partial charge >= 0.3 is 12.1 Å². The van der Waals surface area contributed by atoms with Crippen molar-refractivity contribution < 1.29 is 24.2 Å². The van der Waals surface area contributed by atoms with E-state index in [9.17, 15) is 19.5 Å². The third kappa shape index (κ3) is 5.84. The van der Waals surface area contributed by atoms with Crippen LogP contribution < -0.4 is 5.32 Å². The number of alkyl carbamates (subject to hydrolysis) is 1. The summed E-state index contributed by atoms with van der Waals surface area (Å²) in [6.07, 6.45) is -0.674. The predicted octanol–water partition coefficient (Wildman–Crippen LogP) is 4.59. The van der Waals surface area contributed by atoms with Crippen molar-refractivity contribution in [3.63, 3.8) is 0 Å². The van der Waals surface area contributed by atoms with Crippen LogP contribution in [0.3, 0.4) is 0 Å². The number of amides is 2. The van der Waals surface area contributed by atoms with E-state index in [4.69, 9.17) is 4.74 Å². The molecular weight excluding hydrogens is 518 g/mol. The Kier molecular flexibility index (Phi) is 8.13. The highest BCUT2D eigenvalue weighted by molar-refractivity contribution is 5.87. The lowest BCUT2D eigenvalue weighted by molar-refractivity contribution is -0.149. The molecule has 41 heavy (non-hydrogen) atoms. The van der Waals surface area contributed by atoms with Gasteiger partial charge in [0.15, 0.2) is 0 Å². The van der Waals surface area contributed by atoms with Crippen LogP contribution >= 0.6 is 0 Å². The van der Waals surface area contributed by atoms with Crippen LogP contribution in [0.4, 0.5) is 4.79 Å². The molecule has 0 saturated carbocycles. The number of rotatable bonds is 9. The molecule has 8 nitrogen and oxygen atoms in total. The van der Waals surface area contributed by atoms with Gasteiger partial charge in [-0.1, -0.05) is 85.8 Å². The number of likely N-dealkylation sites (tertiary alicyclic amines) is 1. The van der Waals surface area contributed by atoms with E-state index in [0.717, 1.165) is 27.8 Å². The number of carbonyl (C=O) groups is 3. The SMILES string of the molecule is C[C@H]1CN(C(=O)C(CN(C)Cc2ccccc2)NC(=O)OCC2c3ccccc3-c3ccccc32)C[C@]1(C)C(=O)O. The molecule has 2 amide bonds. The minimum atomic E-state index is -1.04. The van der Waals surface area contributed by atoms with E-state index >= 15 is 0 Å². The number of fused-ring (bicyclic) bond motifs is 3. The molecule has 3 atom stereocenters. The largest absolute Gasteiger partial charge is 0.481 e. The third-order valence-electron chi connectivity index (χ3n) is 8.62. The fourth-order valence-electron chi connectivity index (χ4n) is 6.05. The molecule has 0 radical (unpaired) electrons. The molecule has 1 aliphatic carbocycles. The molecule has 8 heteroatoms. The van der Waals surface area contributed by atoms with E-state index < -0.39 is 23.5 Å². The van der Waals surface area contributed by atoms with Gasteiger partial charge in [-0.05, 0) is 47.7 Å². The predicted molar refractivity (Wildman–Crippen MR) is 156 cm³/mol. The van der Waals surface area contributed by atoms with Crippen molar-refractivity contribution >= 4 is 18.0 Å². The van der Waals surface area contributed by atoms with Crippen LogP contribution in [0.2, 0.25) is 0 Å². The van der Waals surface area contributed by atoms with Crippen molar-refractivity contribution in [2.75, 3.05) is 33.3 Å². The number of nitrogens with zero attached hydrogens (tertiary/aromatic N) is 2. The molecule has 0 aromatic heterocycles. The lowest BCUT2D eigenvalue weighted by atomic mass is 9.81. The van der Waals surface area contributed by atoms with Crippen LogP contribution in [-0.2, 0) is 20.9 Å². The zero-order valence-electron chi connectivity index (χ0n) is 23.7. The van der Waals surface area contributed by atoms with Crippen LogP contribution in [0.5, 0.6) is 0 Å². The standard InChI is InChI=1S/C33H37N3O5/c1-22-17-36(21-33(22,2)31(38)39)30(37)29(19-35(3)18-23-11-5-4-6-12-23)34-32(40)41-20-28-26-15-9-7-13-24(26)25-14-8-10-16-27(25)28/h4-16,22,28-29H,17-21H2,1-3H3,(H,34,40)(H,38,39)/t22-,29?,33-/m0/s1. The van der Waals surface area contributed by atoms with Gasteiger partial charge in [0, 0.05) is 32.1 Å². The summed E-state index contributed by atoms with van der Waals surface area (Å²) >= 11 is 0. The summed E-state index contributed by atoms with van der Waals surface area (Å²) in [5.41, 5.74) is 4.52. The first-order valence-corrected chi connectivity index (χ1v) is 14.0. The number of hydrogen-bond acceptors (Lipinski definition) is 5. The van der Waals surface area contributed by atoms with E-state index in [1.807, 2.05) is 73.5 Å². The molecule has 0 bridgehead atoms. The highest BCUT2D eigenvalue weighted by Crippen LogP contribution is 2.44. The topological polar surface area (TPSA) is 99.2 Å². The van der Waals surface area contributed by atoms with Crippen LogP contribution in [-0.4, -0.2) is 72.2 Å². The molecule has 2 N–H and O–H groups in total. The number of likely N-dealkylation sites (N-methyl/N-ethyl adjacent to an activating group) is 1. The number of benzene rings is 3. The Bertz CT molecular complexity index is 1380. The Hall–Kier alpha value is -4.17. The molecule has 0 spiro atoms. The maximum Gasteiger partial charge on any atom is 0.407 e. The van der Waals surface area contributed by atoms with Gasteiger partial charge < -0.3 is 20.1 Å². The van der Waals surface area contributed by atoms with Crippen molar-refractivity contribution in [3.8, 4) is 11.1 Å². The molecule has 1 fully saturated rings. The summed E-state index contributed by atoms with van der Waals surface area (Å²) < 4.78 is 5.75. The summed E-state index contributed by atoms with van der Waals surface area (Å²) in [6, 6.07) is 25.2. The second-order valence-electron chi connectivity index (χ2n) is 11.5. The smallest absolute Gasteiger partial charge is 0.407 e. The summed E-state index contributed by atoms with van der Waals surface area (Å²) in [7, 11) is 1.89. The van der Waals surface area contributed by atoms with E-state index in [2.05, 4.69) is 29.6 Å². The number of carbonyl (C=O) groups excluding carboxylic acids is 2. The van der Waals surface area contributed by atoms with Gasteiger partial charge in [-0.15, -0.1) is 0 Å². The molecular formula is C33H37N3O5. The van der Waals surface area contributed by atoms with Crippen LogP contribution in [0.1, 0.15) is 36.5 Å². The van der Waals surface area contributed by atoms with Crippen molar-refractivity contribution in [1.82, 2.24) is 15.1 Å². The lowest BCUT2D eigenvalue weighted by Gasteiger charge is -2.28. The summed E-state index contributed by atoms with van der Waals surface area (Å²) in [5.74, 6) is -1.56. The van der Waals surface area contributed by atoms with Crippen LogP contribution in [0.25, 0.3) is 11.1 Å². The number of ether oxygens (including phenoxy) is 1. The summed E-state index contributed by atoms with van der Waals surface area (Å²) in [5, 5.41) is 12.6. The zero-order chi connectivity index (χ0) is 29.1. The highest BCUT2D eigenvalue weighted by atomic mass is 16.5. The average Bonchev–Trinajstić information content (AvgIpc) is 3.46. The maximum absolute atomic E-state index is 13.7. The molecule has 3 aromatic carbocycles. The first-order chi connectivity index (χ1) is 19.7. The fraction of sp³-hybridized carbons (Fsp3) is 0.364.